The van der Waals surface area contributed by atoms with Gasteiger partial charge in [-0.15, -0.1) is 11.3 Å². The maximum atomic E-state index is 13.7. The second-order valence-electron chi connectivity index (χ2n) is 10.2. The maximum absolute atomic E-state index is 13.7. The smallest absolute Gasteiger partial charge is 0.357 e. The first-order valence-electron chi connectivity index (χ1n) is 13.1. The van der Waals surface area contributed by atoms with E-state index in [0.29, 0.717) is 5.01 Å². The number of nitrogens with zero attached hydrogens (tertiary/aromatic N) is 3. The Balaban J connectivity index is 2.15. The number of aromatic nitrogens is 1. The van der Waals surface area contributed by atoms with Crippen molar-refractivity contribution in [2.45, 2.75) is 91.0 Å². The lowest BCUT2D eigenvalue weighted by Gasteiger charge is -2.38. The third kappa shape index (κ3) is 7.73. The highest BCUT2D eigenvalue weighted by Crippen LogP contribution is 2.28. The number of ether oxygens (including phenoxy) is 1. The Bertz CT molecular complexity index is 876. The van der Waals surface area contributed by atoms with Crippen LogP contribution in [0.15, 0.2) is 5.38 Å². The molecule has 1 aliphatic rings. The summed E-state index contributed by atoms with van der Waals surface area (Å²) >= 11 is 1.20. The van der Waals surface area contributed by atoms with Gasteiger partial charge in [-0.25, -0.2) is 9.78 Å². The molecule has 0 aromatic carbocycles. The van der Waals surface area contributed by atoms with E-state index in [1.165, 1.54) is 11.3 Å². The first-order valence-corrected chi connectivity index (χ1v) is 14.0. The van der Waals surface area contributed by atoms with Gasteiger partial charge in [0, 0.05) is 24.9 Å². The average Bonchev–Trinajstić information content (AvgIpc) is 3.35. The fourth-order valence-corrected chi connectivity index (χ4v) is 5.45. The third-order valence-corrected chi connectivity index (χ3v) is 8.17. The minimum atomic E-state index is -0.937. The minimum absolute atomic E-state index is 0.0402. The molecule has 2 heterocycles. The SMILES string of the molecule is CCOC(=O)c1csc([C@H](O)C[C@H](C(C)C)N(C)C(=O)[C@@H](NC(=O)[C@H]2CCCCN2C)[C@@H](C)CC)n1. The number of esters is 1. The van der Waals surface area contributed by atoms with Crippen molar-refractivity contribution in [3.8, 4) is 0 Å². The number of hydrogen-bond donors (Lipinski definition) is 2. The number of thiazole rings is 1. The molecule has 2 amide bonds. The molecule has 0 unspecified atom stereocenters. The molecular formula is C26H44N4O5S. The van der Waals surface area contributed by atoms with Crippen molar-refractivity contribution >= 4 is 29.1 Å². The number of aliphatic hydroxyl groups is 1. The van der Waals surface area contributed by atoms with Gasteiger partial charge >= 0.3 is 5.97 Å². The van der Waals surface area contributed by atoms with E-state index in [4.69, 9.17) is 4.74 Å². The number of likely N-dealkylation sites (tertiary alicyclic amines) is 1. The normalized spacial score (nSPS) is 19.9. The zero-order valence-corrected chi connectivity index (χ0v) is 23.6. The summed E-state index contributed by atoms with van der Waals surface area (Å²) in [7, 11) is 3.69. The highest BCUT2D eigenvalue weighted by atomic mass is 32.1. The lowest BCUT2D eigenvalue weighted by atomic mass is 9.92. The molecule has 36 heavy (non-hydrogen) atoms. The molecule has 1 saturated heterocycles. The van der Waals surface area contributed by atoms with E-state index in [-0.39, 0.29) is 54.5 Å². The molecule has 1 aromatic rings. The first-order chi connectivity index (χ1) is 17.0. The van der Waals surface area contributed by atoms with Crippen LogP contribution in [0.1, 0.15) is 88.3 Å². The fraction of sp³-hybridized carbons (Fsp3) is 0.769. The van der Waals surface area contributed by atoms with Gasteiger partial charge in [-0.1, -0.05) is 40.5 Å². The molecule has 1 aliphatic heterocycles. The standard InChI is InChI=1S/C26H44N4O5S/c1-8-17(5)22(28-23(32)19-12-10-11-13-29(19)6)25(33)30(7)20(16(3)4)14-21(31)24-27-18(15-36-24)26(34)35-9-2/h15-17,19-22,31H,8-14H2,1-7H3,(H,28,32)/t17-,19+,20+,21+,22-/m0/s1. The molecule has 0 radical (unpaired) electrons. The number of likely N-dealkylation sites (N-methyl/N-ethyl adjacent to an activating group) is 2. The van der Waals surface area contributed by atoms with Crippen molar-refractivity contribution in [2.24, 2.45) is 11.8 Å². The molecule has 5 atom stereocenters. The Kier molecular flexibility index (Phi) is 11.8. The van der Waals surface area contributed by atoms with Crippen LogP contribution in [0.4, 0.5) is 0 Å². The first kappa shape index (κ1) is 30.2. The van der Waals surface area contributed by atoms with Crippen LogP contribution >= 0.6 is 11.3 Å². The average molecular weight is 525 g/mol. The molecule has 0 aliphatic carbocycles. The predicted molar refractivity (Wildman–Crippen MR) is 141 cm³/mol. The van der Waals surface area contributed by atoms with Crippen LogP contribution in [0.2, 0.25) is 0 Å². The summed E-state index contributed by atoms with van der Waals surface area (Å²) in [4.78, 5) is 46.8. The number of rotatable bonds is 12. The molecule has 1 aromatic heterocycles. The van der Waals surface area contributed by atoms with Crippen molar-refractivity contribution in [3.05, 3.63) is 16.1 Å². The van der Waals surface area contributed by atoms with Crippen molar-refractivity contribution in [2.75, 3.05) is 27.2 Å². The predicted octanol–water partition coefficient (Wildman–Crippen LogP) is 3.24. The van der Waals surface area contributed by atoms with E-state index < -0.39 is 18.1 Å². The minimum Gasteiger partial charge on any atom is -0.461 e. The van der Waals surface area contributed by atoms with Crippen molar-refractivity contribution in [3.63, 3.8) is 0 Å². The van der Waals surface area contributed by atoms with E-state index in [1.54, 1.807) is 24.3 Å². The maximum Gasteiger partial charge on any atom is 0.357 e. The van der Waals surface area contributed by atoms with E-state index in [2.05, 4.69) is 15.2 Å². The molecule has 1 fully saturated rings. The molecule has 0 spiro atoms. The van der Waals surface area contributed by atoms with Crippen LogP contribution in [0.3, 0.4) is 0 Å². The van der Waals surface area contributed by atoms with Crippen LogP contribution in [-0.4, -0.2) is 83.0 Å². The zero-order valence-electron chi connectivity index (χ0n) is 22.8. The molecule has 204 valence electrons. The number of aliphatic hydroxyl groups excluding tert-OH is 1. The van der Waals surface area contributed by atoms with Gasteiger partial charge in [0.25, 0.3) is 0 Å². The lowest BCUT2D eigenvalue weighted by Crippen LogP contribution is -2.58. The van der Waals surface area contributed by atoms with Crippen LogP contribution in [0, 0.1) is 11.8 Å². The number of amides is 2. The van der Waals surface area contributed by atoms with Gasteiger partial charge in [-0.05, 0) is 45.2 Å². The highest BCUT2D eigenvalue weighted by Gasteiger charge is 2.36. The Labute approximate surface area is 219 Å². The van der Waals surface area contributed by atoms with Gasteiger partial charge in [-0.2, -0.15) is 0 Å². The summed E-state index contributed by atoms with van der Waals surface area (Å²) < 4.78 is 4.98. The van der Waals surface area contributed by atoms with Crippen LogP contribution in [-0.2, 0) is 14.3 Å². The highest BCUT2D eigenvalue weighted by molar-refractivity contribution is 7.09. The molecule has 9 nitrogen and oxygen atoms in total. The molecular weight excluding hydrogens is 480 g/mol. The van der Waals surface area contributed by atoms with E-state index >= 15 is 0 Å². The Hall–Kier alpha value is -2.04. The molecule has 0 saturated carbocycles. The van der Waals surface area contributed by atoms with Gasteiger partial charge in [-0.3, -0.25) is 14.5 Å². The van der Waals surface area contributed by atoms with Gasteiger partial charge in [0.1, 0.15) is 17.2 Å². The summed E-state index contributed by atoms with van der Waals surface area (Å²) in [6.07, 6.45) is 2.95. The van der Waals surface area contributed by atoms with Gasteiger partial charge in [0.2, 0.25) is 11.8 Å². The molecule has 10 heteroatoms. The number of nitrogens with one attached hydrogen (secondary N) is 1. The second kappa shape index (κ2) is 14.0. The molecule has 2 N–H and O–H groups in total. The number of carbonyl (C=O) groups is 3. The van der Waals surface area contributed by atoms with Crippen molar-refractivity contribution in [1.29, 1.82) is 0 Å². The Morgan fingerprint density at radius 2 is 1.97 bits per heavy atom. The zero-order chi connectivity index (χ0) is 27.0. The third-order valence-electron chi connectivity index (χ3n) is 7.22. The van der Waals surface area contributed by atoms with Gasteiger partial charge in [0.05, 0.1) is 12.6 Å². The van der Waals surface area contributed by atoms with Crippen LogP contribution < -0.4 is 5.32 Å². The fourth-order valence-electron chi connectivity index (χ4n) is 4.67. The molecule has 2 rings (SSSR count). The second-order valence-corrected chi connectivity index (χ2v) is 11.1. The summed E-state index contributed by atoms with van der Waals surface area (Å²) in [6, 6.07) is -1.15. The lowest BCUT2D eigenvalue weighted by molar-refractivity contribution is -0.141. The number of carbonyl (C=O) groups excluding carboxylic acids is 3. The number of piperidine rings is 1. The summed E-state index contributed by atoms with van der Waals surface area (Å²) in [5.41, 5.74) is 0.175. The van der Waals surface area contributed by atoms with Gasteiger partial charge < -0.3 is 20.1 Å². The van der Waals surface area contributed by atoms with E-state index in [9.17, 15) is 19.5 Å². The summed E-state index contributed by atoms with van der Waals surface area (Å²) in [6.45, 7) is 10.8. The quantitative estimate of drug-likeness (QED) is 0.404. The monoisotopic (exact) mass is 524 g/mol. The summed E-state index contributed by atoms with van der Waals surface area (Å²) in [5.74, 6) is -0.763. The van der Waals surface area contributed by atoms with E-state index in [0.717, 1.165) is 32.2 Å². The van der Waals surface area contributed by atoms with Gasteiger partial charge in [0.15, 0.2) is 5.69 Å². The van der Waals surface area contributed by atoms with Crippen LogP contribution in [0.25, 0.3) is 0 Å². The number of hydrogen-bond acceptors (Lipinski definition) is 8. The molecule has 0 bridgehead atoms. The Morgan fingerprint density at radius 3 is 2.56 bits per heavy atom. The topological polar surface area (TPSA) is 112 Å². The van der Waals surface area contributed by atoms with Crippen molar-refractivity contribution in [1.82, 2.24) is 20.1 Å². The van der Waals surface area contributed by atoms with Crippen LogP contribution in [0.5, 0.6) is 0 Å². The Morgan fingerprint density at radius 1 is 1.28 bits per heavy atom. The van der Waals surface area contributed by atoms with E-state index in [1.807, 2.05) is 34.7 Å². The summed E-state index contributed by atoms with van der Waals surface area (Å²) in [5, 5.41) is 16.0. The van der Waals surface area contributed by atoms with Crippen molar-refractivity contribution < 1.29 is 24.2 Å². The largest absolute Gasteiger partial charge is 0.461 e.